The predicted octanol–water partition coefficient (Wildman–Crippen LogP) is 3.42. The molecule has 2 N–H and O–H groups in total. The first-order chi connectivity index (χ1) is 14.1. The van der Waals surface area contributed by atoms with Crippen molar-refractivity contribution in [2.24, 2.45) is 10.9 Å². The standard InChI is InChI=1S/C23H41N5O.HI/c1-5-24-23(25-12-7-13-28-14-10-20(2)11-15-28)26-19-21-8-6-9-22(18-21)29-17-16-27(3)4;/h6,8-9,18,20H,5,7,10-17,19H2,1-4H3,(H2,24,25,26);1H. The van der Waals surface area contributed by atoms with Crippen LogP contribution in [0.4, 0.5) is 0 Å². The minimum atomic E-state index is 0. The Bertz CT molecular complexity index is 603. The molecule has 0 atom stereocenters. The van der Waals surface area contributed by atoms with Crippen molar-refractivity contribution < 1.29 is 4.74 Å². The van der Waals surface area contributed by atoms with Crippen LogP contribution in [0.15, 0.2) is 29.3 Å². The first-order valence-corrected chi connectivity index (χ1v) is 11.2. The molecule has 0 saturated carbocycles. The van der Waals surface area contributed by atoms with E-state index in [1.165, 1.54) is 32.5 Å². The molecule has 0 bridgehead atoms. The maximum atomic E-state index is 5.83. The number of hydrogen-bond donors (Lipinski definition) is 2. The van der Waals surface area contributed by atoms with Crippen LogP contribution in [-0.4, -0.2) is 75.7 Å². The van der Waals surface area contributed by atoms with Crippen LogP contribution < -0.4 is 15.4 Å². The Kier molecular flexibility index (Phi) is 14.1. The summed E-state index contributed by atoms with van der Waals surface area (Å²) in [6.07, 6.45) is 3.83. The summed E-state index contributed by atoms with van der Waals surface area (Å²) in [7, 11) is 4.10. The van der Waals surface area contributed by atoms with Gasteiger partial charge in [0.05, 0.1) is 6.54 Å². The molecule has 1 aliphatic heterocycles. The summed E-state index contributed by atoms with van der Waals surface area (Å²) >= 11 is 0. The first-order valence-electron chi connectivity index (χ1n) is 11.2. The normalized spacial score (nSPS) is 15.7. The van der Waals surface area contributed by atoms with Crippen molar-refractivity contribution in [1.29, 1.82) is 0 Å². The summed E-state index contributed by atoms with van der Waals surface area (Å²) in [6, 6.07) is 8.23. The molecule has 172 valence electrons. The number of benzene rings is 1. The smallest absolute Gasteiger partial charge is 0.191 e. The number of likely N-dealkylation sites (N-methyl/N-ethyl adjacent to an activating group) is 1. The molecule has 2 rings (SSSR count). The van der Waals surface area contributed by atoms with Crippen molar-refractivity contribution in [1.82, 2.24) is 20.4 Å². The van der Waals surface area contributed by atoms with Gasteiger partial charge in [0.25, 0.3) is 0 Å². The van der Waals surface area contributed by atoms with Crippen molar-refractivity contribution in [3.8, 4) is 5.75 Å². The Hall–Kier alpha value is -1.06. The van der Waals surface area contributed by atoms with Crippen LogP contribution in [0.1, 0.15) is 38.7 Å². The van der Waals surface area contributed by atoms with Crippen molar-refractivity contribution in [3.05, 3.63) is 29.8 Å². The quantitative estimate of drug-likeness (QED) is 0.199. The van der Waals surface area contributed by atoms with Gasteiger partial charge in [-0.05, 0) is 83.5 Å². The van der Waals surface area contributed by atoms with E-state index < -0.39 is 0 Å². The van der Waals surface area contributed by atoms with Crippen LogP contribution in [0, 0.1) is 5.92 Å². The highest BCUT2D eigenvalue weighted by Crippen LogP contribution is 2.16. The molecule has 30 heavy (non-hydrogen) atoms. The third-order valence-corrected chi connectivity index (χ3v) is 5.29. The summed E-state index contributed by atoms with van der Waals surface area (Å²) in [5, 5.41) is 6.82. The van der Waals surface area contributed by atoms with Crippen LogP contribution in [0.25, 0.3) is 0 Å². The Morgan fingerprint density at radius 2 is 2.00 bits per heavy atom. The van der Waals surface area contributed by atoms with E-state index in [4.69, 9.17) is 9.73 Å². The topological polar surface area (TPSA) is 52.1 Å². The molecule has 1 aliphatic rings. The second-order valence-electron chi connectivity index (χ2n) is 8.30. The molecular weight excluding hydrogens is 489 g/mol. The average Bonchev–Trinajstić information content (AvgIpc) is 2.70. The summed E-state index contributed by atoms with van der Waals surface area (Å²) in [6.45, 7) is 12.2. The second kappa shape index (κ2) is 15.7. The van der Waals surface area contributed by atoms with Gasteiger partial charge >= 0.3 is 0 Å². The molecule has 7 heteroatoms. The summed E-state index contributed by atoms with van der Waals surface area (Å²) in [5.41, 5.74) is 1.16. The zero-order valence-electron chi connectivity index (χ0n) is 19.3. The minimum Gasteiger partial charge on any atom is -0.492 e. The molecule has 1 heterocycles. The van der Waals surface area contributed by atoms with Crippen molar-refractivity contribution >= 4 is 29.9 Å². The second-order valence-corrected chi connectivity index (χ2v) is 8.30. The molecule has 1 aromatic carbocycles. The Morgan fingerprint density at radius 3 is 2.70 bits per heavy atom. The third kappa shape index (κ3) is 11.4. The van der Waals surface area contributed by atoms with Gasteiger partial charge < -0.3 is 25.2 Å². The molecule has 0 aliphatic carbocycles. The van der Waals surface area contributed by atoms with E-state index in [2.05, 4.69) is 60.5 Å². The van der Waals surface area contributed by atoms with Gasteiger partial charge in [0.1, 0.15) is 12.4 Å². The number of ether oxygens (including phenoxy) is 1. The fourth-order valence-electron chi connectivity index (χ4n) is 3.39. The van der Waals surface area contributed by atoms with Gasteiger partial charge in [0.2, 0.25) is 0 Å². The summed E-state index contributed by atoms with van der Waals surface area (Å²) < 4.78 is 5.83. The van der Waals surface area contributed by atoms with Gasteiger partial charge in [-0.3, -0.25) is 0 Å². The van der Waals surface area contributed by atoms with Gasteiger partial charge in [0, 0.05) is 19.6 Å². The predicted molar refractivity (Wildman–Crippen MR) is 138 cm³/mol. The maximum absolute atomic E-state index is 5.83. The number of hydrogen-bond acceptors (Lipinski definition) is 4. The number of piperidine rings is 1. The number of aliphatic imine (C=N–C) groups is 1. The first kappa shape index (κ1) is 27.0. The van der Waals surface area contributed by atoms with Gasteiger partial charge in [-0.15, -0.1) is 24.0 Å². The largest absolute Gasteiger partial charge is 0.492 e. The molecule has 1 aromatic rings. The van der Waals surface area contributed by atoms with Gasteiger partial charge in [-0.25, -0.2) is 4.99 Å². The van der Waals surface area contributed by atoms with E-state index in [-0.39, 0.29) is 24.0 Å². The number of guanidine groups is 1. The van der Waals surface area contributed by atoms with Crippen molar-refractivity contribution in [2.45, 2.75) is 39.7 Å². The number of rotatable bonds is 11. The molecule has 0 spiro atoms. The number of nitrogens with zero attached hydrogens (tertiary/aromatic N) is 3. The lowest BCUT2D eigenvalue weighted by Crippen LogP contribution is -2.39. The monoisotopic (exact) mass is 531 g/mol. The van der Waals surface area contributed by atoms with Crippen LogP contribution in [0.3, 0.4) is 0 Å². The molecule has 6 nitrogen and oxygen atoms in total. The Balaban J connectivity index is 0.00000450. The molecular formula is C23H42IN5O. The lowest BCUT2D eigenvalue weighted by Gasteiger charge is -2.30. The lowest BCUT2D eigenvalue weighted by atomic mass is 9.99. The SMILES string of the molecule is CCNC(=NCc1cccc(OCCN(C)C)c1)NCCCN1CCC(C)CC1.I. The molecule has 1 saturated heterocycles. The number of nitrogens with one attached hydrogen (secondary N) is 2. The molecule has 1 fully saturated rings. The lowest BCUT2D eigenvalue weighted by molar-refractivity contribution is 0.191. The van der Waals surface area contributed by atoms with Crippen LogP contribution in [0.2, 0.25) is 0 Å². The van der Waals surface area contributed by atoms with Gasteiger partial charge in [-0.2, -0.15) is 0 Å². The zero-order chi connectivity index (χ0) is 20.9. The van der Waals surface area contributed by atoms with Gasteiger partial charge in [-0.1, -0.05) is 19.1 Å². The minimum absolute atomic E-state index is 0. The van der Waals surface area contributed by atoms with Crippen LogP contribution in [0.5, 0.6) is 5.75 Å². The van der Waals surface area contributed by atoms with E-state index in [9.17, 15) is 0 Å². The van der Waals surface area contributed by atoms with E-state index in [1.807, 2.05) is 12.1 Å². The highest BCUT2D eigenvalue weighted by atomic mass is 127. The van der Waals surface area contributed by atoms with Crippen molar-refractivity contribution in [3.63, 3.8) is 0 Å². The third-order valence-electron chi connectivity index (χ3n) is 5.29. The van der Waals surface area contributed by atoms with Crippen LogP contribution >= 0.6 is 24.0 Å². The maximum Gasteiger partial charge on any atom is 0.191 e. The fraction of sp³-hybridized carbons (Fsp3) is 0.696. The van der Waals surface area contributed by atoms with Crippen LogP contribution in [-0.2, 0) is 6.54 Å². The number of halogens is 1. The highest BCUT2D eigenvalue weighted by molar-refractivity contribution is 14.0. The number of likely N-dealkylation sites (tertiary alicyclic amines) is 1. The fourth-order valence-corrected chi connectivity index (χ4v) is 3.39. The Morgan fingerprint density at radius 1 is 1.23 bits per heavy atom. The Labute approximate surface area is 200 Å². The summed E-state index contributed by atoms with van der Waals surface area (Å²) in [5.74, 6) is 2.70. The average molecular weight is 532 g/mol. The van der Waals surface area contributed by atoms with E-state index in [1.54, 1.807) is 0 Å². The zero-order valence-corrected chi connectivity index (χ0v) is 21.7. The molecule has 0 amide bonds. The van der Waals surface area contributed by atoms with E-state index in [0.717, 1.165) is 49.2 Å². The van der Waals surface area contributed by atoms with E-state index in [0.29, 0.717) is 13.2 Å². The molecule has 0 radical (unpaired) electrons. The van der Waals surface area contributed by atoms with Crippen molar-refractivity contribution in [2.75, 3.05) is 60.0 Å². The van der Waals surface area contributed by atoms with E-state index >= 15 is 0 Å². The highest BCUT2D eigenvalue weighted by Gasteiger charge is 2.14. The molecule has 0 aromatic heterocycles. The summed E-state index contributed by atoms with van der Waals surface area (Å²) in [4.78, 5) is 9.45. The van der Waals surface area contributed by atoms with Gasteiger partial charge in [0.15, 0.2) is 5.96 Å². The molecule has 0 unspecified atom stereocenters.